The summed E-state index contributed by atoms with van der Waals surface area (Å²) in [6, 6.07) is 4.04. The van der Waals surface area contributed by atoms with Crippen LogP contribution in [-0.2, 0) is 0 Å². The maximum Gasteiger partial charge on any atom is 0.210 e. The van der Waals surface area contributed by atoms with Crippen LogP contribution in [0.2, 0.25) is 5.02 Å². The molecule has 1 aromatic rings. The van der Waals surface area contributed by atoms with Crippen molar-refractivity contribution >= 4 is 23.2 Å². The Hall–Kier alpha value is -1.46. The first-order valence-corrected chi connectivity index (χ1v) is 7.17. The van der Waals surface area contributed by atoms with Crippen LogP contribution in [0.15, 0.2) is 17.1 Å². The number of ether oxygens (including phenoxy) is 1. The number of nitrogens with zero attached hydrogens (tertiary/aromatic N) is 1. The molecule has 1 aliphatic carbocycles. The van der Waals surface area contributed by atoms with Crippen LogP contribution in [0.5, 0.6) is 5.75 Å². The molecule has 1 saturated carbocycles. The van der Waals surface area contributed by atoms with Gasteiger partial charge in [-0.25, -0.2) is 10.8 Å². The lowest BCUT2D eigenvalue weighted by molar-refractivity contribution is 0.417. The van der Waals surface area contributed by atoms with Gasteiger partial charge in [-0.15, -0.1) is 0 Å². The summed E-state index contributed by atoms with van der Waals surface area (Å²) < 4.78 is 5.33. The van der Waals surface area contributed by atoms with Crippen LogP contribution in [0.1, 0.15) is 31.2 Å². The number of nitrogens with one attached hydrogen (secondary N) is 2. The van der Waals surface area contributed by atoms with E-state index in [0.717, 1.165) is 24.1 Å². The normalized spacial score (nSPS) is 16.3. The molecule has 110 valence electrons. The standard InChI is InChI=1S/C14H21ClN4O/c1-9-7-12(13(20-2)8-11(9)15)18-14(19-16)17-10-5-3-4-6-10/h7-8,10H,3-6,16H2,1-2H3,(H2,17,18,19). The molecule has 0 unspecified atom stereocenters. The minimum Gasteiger partial charge on any atom is -0.495 e. The fourth-order valence-electron chi connectivity index (χ4n) is 2.38. The predicted molar refractivity (Wildman–Crippen MR) is 83.4 cm³/mol. The maximum absolute atomic E-state index is 6.09. The second-order valence-electron chi connectivity index (χ2n) is 4.99. The third-order valence-electron chi connectivity index (χ3n) is 3.51. The summed E-state index contributed by atoms with van der Waals surface area (Å²) in [5.41, 5.74) is 4.37. The van der Waals surface area contributed by atoms with Gasteiger partial charge in [-0.05, 0) is 31.4 Å². The van der Waals surface area contributed by atoms with Crippen LogP contribution in [0.4, 0.5) is 5.69 Å². The van der Waals surface area contributed by atoms with E-state index in [4.69, 9.17) is 22.2 Å². The monoisotopic (exact) mass is 296 g/mol. The third kappa shape index (κ3) is 3.55. The molecule has 4 N–H and O–H groups in total. The summed E-state index contributed by atoms with van der Waals surface area (Å²) >= 11 is 6.09. The van der Waals surface area contributed by atoms with E-state index in [1.807, 2.05) is 13.0 Å². The summed E-state index contributed by atoms with van der Waals surface area (Å²) in [5, 5.41) is 3.84. The van der Waals surface area contributed by atoms with E-state index < -0.39 is 0 Å². The van der Waals surface area contributed by atoms with Gasteiger partial charge in [0.2, 0.25) is 5.96 Å². The number of aliphatic imine (C=N–C) groups is 1. The molecule has 0 aliphatic heterocycles. The minimum absolute atomic E-state index is 0.341. The van der Waals surface area contributed by atoms with E-state index in [1.165, 1.54) is 12.8 Å². The highest BCUT2D eigenvalue weighted by Crippen LogP contribution is 2.31. The molecule has 2 rings (SSSR count). The fraction of sp³-hybridized carbons (Fsp3) is 0.500. The second kappa shape index (κ2) is 6.81. The van der Waals surface area contributed by atoms with E-state index in [9.17, 15) is 0 Å². The van der Waals surface area contributed by atoms with Crippen molar-refractivity contribution in [2.45, 2.75) is 38.6 Å². The molecule has 0 saturated heterocycles. The van der Waals surface area contributed by atoms with Crippen LogP contribution in [0.25, 0.3) is 0 Å². The Morgan fingerprint density at radius 2 is 2.10 bits per heavy atom. The van der Waals surface area contributed by atoms with Crippen molar-refractivity contribution in [2.24, 2.45) is 10.8 Å². The highest BCUT2D eigenvalue weighted by molar-refractivity contribution is 6.31. The molecule has 1 fully saturated rings. The average Bonchev–Trinajstić information content (AvgIpc) is 2.94. The van der Waals surface area contributed by atoms with Gasteiger partial charge in [-0.3, -0.25) is 5.43 Å². The number of hydrogen-bond acceptors (Lipinski definition) is 3. The number of hydrogen-bond donors (Lipinski definition) is 3. The first kappa shape index (κ1) is 14.9. The lowest BCUT2D eigenvalue weighted by Gasteiger charge is -2.15. The van der Waals surface area contributed by atoms with Gasteiger partial charge in [0.1, 0.15) is 5.75 Å². The van der Waals surface area contributed by atoms with Crippen LogP contribution in [0.3, 0.4) is 0 Å². The van der Waals surface area contributed by atoms with Crippen molar-refractivity contribution in [1.82, 2.24) is 5.43 Å². The largest absolute Gasteiger partial charge is 0.495 e. The van der Waals surface area contributed by atoms with Crippen LogP contribution < -0.4 is 21.3 Å². The van der Waals surface area contributed by atoms with Crippen LogP contribution >= 0.6 is 11.6 Å². The Balaban J connectivity index is 2.20. The minimum atomic E-state index is 0.341. The van der Waals surface area contributed by atoms with Gasteiger partial charge in [-0.2, -0.15) is 0 Å². The van der Waals surface area contributed by atoms with Gasteiger partial charge < -0.3 is 10.1 Å². The summed E-state index contributed by atoms with van der Waals surface area (Å²) in [7, 11) is 1.61. The average molecular weight is 297 g/mol. The van der Waals surface area contributed by atoms with E-state index in [0.29, 0.717) is 22.8 Å². The van der Waals surface area contributed by atoms with Gasteiger partial charge in [0.15, 0.2) is 0 Å². The van der Waals surface area contributed by atoms with E-state index in [-0.39, 0.29) is 0 Å². The molecule has 0 aromatic heterocycles. The van der Waals surface area contributed by atoms with Gasteiger partial charge in [0.25, 0.3) is 0 Å². The molecular weight excluding hydrogens is 276 g/mol. The third-order valence-corrected chi connectivity index (χ3v) is 3.91. The number of nitrogens with two attached hydrogens (primary N) is 1. The van der Waals surface area contributed by atoms with Crippen molar-refractivity contribution < 1.29 is 4.74 Å². The summed E-state index contributed by atoms with van der Waals surface area (Å²) in [6.07, 6.45) is 4.69. The number of aryl methyl sites for hydroxylation is 1. The lowest BCUT2D eigenvalue weighted by atomic mass is 10.2. The van der Waals surface area contributed by atoms with Gasteiger partial charge in [0.05, 0.1) is 18.8 Å². The molecular formula is C14H21ClN4O. The number of halogens is 1. The SMILES string of the molecule is COc1cc(Cl)c(C)cc1NC(=NC1CCCC1)NN. The van der Waals surface area contributed by atoms with Crippen LogP contribution in [0, 0.1) is 6.92 Å². The van der Waals surface area contributed by atoms with E-state index in [2.05, 4.69) is 15.7 Å². The van der Waals surface area contributed by atoms with Crippen molar-refractivity contribution in [3.63, 3.8) is 0 Å². The van der Waals surface area contributed by atoms with E-state index in [1.54, 1.807) is 13.2 Å². The maximum atomic E-state index is 6.09. The quantitative estimate of drug-likeness (QED) is 0.347. The molecule has 1 aliphatic rings. The molecule has 0 atom stereocenters. The number of benzene rings is 1. The molecule has 6 heteroatoms. The Morgan fingerprint density at radius 3 is 2.70 bits per heavy atom. The van der Waals surface area contributed by atoms with Crippen LogP contribution in [-0.4, -0.2) is 19.1 Å². The summed E-state index contributed by atoms with van der Waals surface area (Å²) in [6.45, 7) is 1.94. The van der Waals surface area contributed by atoms with Gasteiger partial charge in [-0.1, -0.05) is 24.4 Å². The Bertz CT molecular complexity index is 498. The summed E-state index contributed by atoms with van der Waals surface area (Å²) in [4.78, 5) is 4.60. The summed E-state index contributed by atoms with van der Waals surface area (Å²) in [5.74, 6) is 6.76. The number of rotatable bonds is 3. The molecule has 20 heavy (non-hydrogen) atoms. The smallest absolute Gasteiger partial charge is 0.210 e. The topological polar surface area (TPSA) is 71.7 Å². The number of guanidine groups is 1. The fourth-order valence-corrected chi connectivity index (χ4v) is 2.53. The highest BCUT2D eigenvalue weighted by atomic mass is 35.5. The number of hydrazine groups is 1. The van der Waals surface area contributed by atoms with Crippen molar-refractivity contribution in [3.05, 3.63) is 22.7 Å². The van der Waals surface area contributed by atoms with Crippen molar-refractivity contribution in [3.8, 4) is 5.75 Å². The first-order chi connectivity index (χ1) is 9.63. The molecule has 0 bridgehead atoms. The van der Waals surface area contributed by atoms with Crippen molar-refractivity contribution in [2.75, 3.05) is 12.4 Å². The lowest BCUT2D eigenvalue weighted by Crippen LogP contribution is -2.37. The Labute approximate surface area is 124 Å². The predicted octanol–water partition coefficient (Wildman–Crippen LogP) is 2.83. The second-order valence-corrected chi connectivity index (χ2v) is 5.39. The molecule has 0 amide bonds. The van der Waals surface area contributed by atoms with Gasteiger partial charge >= 0.3 is 0 Å². The molecule has 0 radical (unpaired) electrons. The zero-order valence-corrected chi connectivity index (χ0v) is 12.6. The molecule has 5 nitrogen and oxygen atoms in total. The Morgan fingerprint density at radius 1 is 1.40 bits per heavy atom. The molecule has 0 heterocycles. The van der Waals surface area contributed by atoms with Crippen molar-refractivity contribution in [1.29, 1.82) is 0 Å². The zero-order chi connectivity index (χ0) is 14.5. The first-order valence-electron chi connectivity index (χ1n) is 6.79. The number of methoxy groups -OCH3 is 1. The van der Waals surface area contributed by atoms with Gasteiger partial charge in [0, 0.05) is 11.1 Å². The Kier molecular flexibility index (Phi) is 5.09. The van der Waals surface area contributed by atoms with E-state index >= 15 is 0 Å². The number of anilines is 1. The molecule has 0 spiro atoms. The zero-order valence-electron chi connectivity index (χ0n) is 11.9. The highest BCUT2D eigenvalue weighted by Gasteiger charge is 2.15. The molecule has 1 aromatic carbocycles.